The molecule has 1 aliphatic carbocycles. The number of Topliss-reactive ketones (excluding diaryl/α,β-unsaturated/α-hetero) is 1. The second-order valence-electron chi connectivity index (χ2n) is 9.22. The number of nitrogens with zero attached hydrogens (tertiary/aromatic N) is 3. The molecule has 8 heteroatoms. The van der Waals surface area contributed by atoms with Gasteiger partial charge in [0.1, 0.15) is 11.5 Å². The number of hydrogen-bond acceptors (Lipinski definition) is 8. The maximum absolute atomic E-state index is 11.8. The van der Waals surface area contributed by atoms with E-state index in [1.54, 1.807) is 11.3 Å². The van der Waals surface area contributed by atoms with Crippen LogP contribution >= 0.6 is 11.3 Å². The van der Waals surface area contributed by atoms with Gasteiger partial charge in [0, 0.05) is 43.7 Å². The second-order valence-corrected chi connectivity index (χ2v) is 10.1. The Hall–Kier alpha value is -3.33. The summed E-state index contributed by atoms with van der Waals surface area (Å²) in [5, 5.41) is 5.51. The minimum Gasteiger partial charge on any atom is -0.494 e. The number of ketones is 1. The lowest BCUT2D eigenvalue weighted by Gasteiger charge is -2.26. The average molecular weight is 501 g/mol. The van der Waals surface area contributed by atoms with E-state index in [0.717, 1.165) is 83.4 Å². The SMILES string of the molecule is O=C1Cc2ccc(Nc3nc(-c4cccc(OCCCN5CCOCC5)c4)nc4ccsc34)cc2C1. The summed E-state index contributed by atoms with van der Waals surface area (Å²) in [6.45, 7) is 5.32. The predicted octanol–water partition coefficient (Wildman–Crippen LogP) is 4.87. The normalized spacial score (nSPS) is 15.8. The summed E-state index contributed by atoms with van der Waals surface area (Å²) in [7, 11) is 0. The third-order valence-electron chi connectivity index (χ3n) is 6.63. The number of hydrogen-bond donors (Lipinski definition) is 1. The summed E-state index contributed by atoms with van der Waals surface area (Å²) in [6.07, 6.45) is 2.02. The Balaban J connectivity index is 1.19. The zero-order chi connectivity index (χ0) is 24.3. The molecule has 2 aromatic heterocycles. The van der Waals surface area contributed by atoms with E-state index in [9.17, 15) is 4.79 Å². The zero-order valence-corrected chi connectivity index (χ0v) is 20.9. The number of carbonyl (C=O) groups is 1. The highest BCUT2D eigenvalue weighted by Gasteiger charge is 2.19. The lowest BCUT2D eigenvalue weighted by atomic mass is 10.1. The maximum atomic E-state index is 11.8. The summed E-state index contributed by atoms with van der Waals surface area (Å²) in [4.78, 5) is 24.0. The number of fused-ring (bicyclic) bond motifs is 2. The quantitative estimate of drug-likeness (QED) is 0.346. The Morgan fingerprint density at radius 2 is 1.92 bits per heavy atom. The van der Waals surface area contributed by atoms with Crippen molar-refractivity contribution >= 4 is 38.8 Å². The van der Waals surface area contributed by atoms with Crippen molar-refractivity contribution < 1.29 is 14.3 Å². The van der Waals surface area contributed by atoms with Crippen molar-refractivity contribution in [2.45, 2.75) is 19.3 Å². The van der Waals surface area contributed by atoms with Gasteiger partial charge in [-0.1, -0.05) is 18.2 Å². The van der Waals surface area contributed by atoms with Gasteiger partial charge in [0.2, 0.25) is 0 Å². The minimum atomic E-state index is 0.273. The van der Waals surface area contributed by atoms with Gasteiger partial charge in [0.15, 0.2) is 11.6 Å². The first-order chi connectivity index (χ1) is 17.7. The highest BCUT2D eigenvalue weighted by Crippen LogP contribution is 2.33. The largest absolute Gasteiger partial charge is 0.494 e. The molecule has 4 aromatic rings. The predicted molar refractivity (Wildman–Crippen MR) is 142 cm³/mol. The van der Waals surface area contributed by atoms with E-state index in [0.29, 0.717) is 25.3 Å². The molecule has 36 heavy (non-hydrogen) atoms. The number of anilines is 2. The fourth-order valence-electron chi connectivity index (χ4n) is 4.77. The Morgan fingerprint density at radius 3 is 2.83 bits per heavy atom. The van der Waals surface area contributed by atoms with Crippen molar-refractivity contribution in [2.24, 2.45) is 0 Å². The Labute approximate surface area is 214 Å². The first-order valence-corrected chi connectivity index (χ1v) is 13.3. The van der Waals surface area contributed by atoms with Gasteiger partial charge >= 0.3 is 0 Å². The molecule has 6 rings (SSSR count). The van der Waals surface area contributed by atoms with Gasteiger partial charge in [0.05, 0.1) is 30.0 Å². The molecule has 0 radical (unpaired) electrons. The minimum absolute atomic E-state index is 0.273. The van der Waals surface area contributed by atoms with Crippen molar-refractivity contribution in [2.75, 3.05) is 44.8 Å². The van der Waals surface area contributed by atoms with E-state index < -0.39 is 0 Å². The number of benzene rings is 2. The topological polar surface area (TPSA) is 76.6 Å². The Bertz CT molecular complexity index is 1400. The van der Waals surface area contributed by atoms with E-state index >= 15 is 0 Å². The fraction of sp³-hybridized carbons (Fsp3) is 0.321. The summed E-state index contributed by atoms with van der Waals surface area (Å²) in [6, 6.07) is 16.1. The average Bonchev–Trinajstić information content (AvgIpc) is 3.53. The van der Waals surface area contributed by atoms with Gasteiger partial charge in [-0.2, -0.15) is 0 Å². The summed E-state index contributed by atoms with van der Waals surface area (Å²) in [5.74, 6) is 2.52. The molecular weight excluding hydrogens is 472 g/mol. The van der Waals surface area contributed by atoms with Crippen molar-refractivity contribution in [1.29, 1.82) is 0 Å². The highest BCUT2D eigenvalue weighted by molar-refractivity contribution is 7.17. The van der Waals surface area contributed by atoms with Gasteiger partial charge in [-0.15, -0.1) is 11.3 Å². The van der Waals surface area contributed by atoms with Crippen LogP contribution in [0, 0.1) is 0 Å². The van der Waals surface area contributed by atoms with E-state index in [4.69, 9.17) is 19.4 Å². The van der Waals surface area contributed by atoms with Gasteiger partial charge in [0.25, 0.3) is 0 Å². The van der Waals surface area contributed by atoms with E-state index in [1.165, 1.54) is 0 Å². The number of ether oxygens (including phenoxy) is 2. The maximum Gasteiger partial charge on any atom is 0.162 e. The molecule has 0 atom stereocenters. The monoisotopic (exact) mass is 500 g/mol. The Morgan fingerprint density at radius 1 is 1.03 bits per heavy atom. The summed E-state index contributed by atoms with van der Waals surface area (Å²) < 4.78 is 12.5. The third-order valence-corrected chi connectivity index (χ3v) is 7.54. The lowest BCUT2D eigenvalue weighted by Crippen LogP contribution is -2.37. The molecule has 3 heterocycles. The zero-order valence-electron chi connectivity index (χ0n) is 20.0. The van der Waals surface area contributed by atoms with Crippen molar-refractivity contribution in [3.63, 3.8) is 0 Å². The summed E-state index contributed by atoms with van der Waals surface area (Å²) >= 11 is 1.61. The van der Waals surface area contributed by atoms with Crippen LogP contribution in [-0.4, -0.2) is 60.1 Å². The first kappa shape index (κ1) is 23.1. The molecule has 1 saturated heterocycles. The number of morpholine rings is 1. The molecule has 0 amide bonds. The van der Waals surface area contributed by atoms with Crippen LogP contribution in [0.3, 0.4) is 0 Å². The van der Waals surface area contributed by atoms with E-state index in [-0.39, 0.29) is 5.78 Å². The van der Waals surface area contributed by atoms with E-state index in [1.807, 2.05) is 47.8 Å². The molecule has 7 nitrogen and oxygen atoms in total. The standard InChI is InChI=1S/C28H28N4O3S/c33-23-16-19-5-6-22(15-21(19)17-23)29-28-26-25(7-14-36-26)30-27(31-28)20-3-1-4-24(18-20)35-11-2-8-32-9-12-34-13-10-32/h1,3-7,14-15,18H,2,8-13,16-17H2,(H,29,30,31). The van der Waals surface area contributed by atoms with Gasteiger partial charge < -0.3 is 14.8 Å². The van der Waals surface area contributed by atoms with Crippen LogP contribution in [-0.2, 0) is 22.4 Å². The van der Waals surface area contributed by atoms with Crippen molar-refractivity contribution in [1.82, 2.24) is 14.9 Å². The van der Waals surface area contributed by atoms with Crippen molar-refractivity contribution in [3.05, 3.63) is 65.0 Å². The van der Waals surface area contributed by atoms with Crippen LogP contribution in [0.2, 0.25) is 0 Å². The molecule has 2 aromatic carbocycles. The molecule has 1 aliphatic heterocycles. The Kier molecular flexibility index (Phi) is 6.63. The molecule has 2 aliphatic rings. The van der Waals surface area contributed by atoms with Gasteiger partial charge in [-0.05, 0) is 53.3 Å². The molecule has 0 unspecified atom stereocenters. The van der Waals surface area contributed by atoms with Gasteiger partial charge in [-0.25, -0.2) is 9.97 Å². The van der Waals surface area contributed by atoms with Crippen LogP contribution in [0.1, 0.15) is 17.5 Å². The number of nitrogens with one attached hydrogen (secondary N) is 1. The molecular formula is C28H28N4O3S. The number of carbonyl (C=O) groups excluding carboxylic acids is 1. The number of aromatic nitrogens is 2. The van der Waals surface area contributed by atoms with Gasteiger partial charge in [-0.3, -0.25) is 9.69 Å². The first-order valence-electron chi connectivity index (χ1n) is 12.4. The molecule has 184 valence electrons. The molecule has 0 bridgehead atoms. The van der Waals surface area contributed by atoms with Crippen LogP contribution in [0.25, 0.3) is 21.6 Å². The number of rotatable bonds is 8. The smallest absolute Gasteiger partial charge is 0.162 e. The highest BCUT2D eigenvalue weighted by atomic mass is 32.1. The van der Waals surface area contributed by atoms with Crippen LogP contribution in [0.4, 0.5) is 11.5 Å². The molecule has 1 N–H and O–H groups in total. The molecule has 1 fully saturated rings. The lowest BCUT2D eigenvalue weighted by molar-refractivity contribution is -0.117. The van der Waals surface area contributed by atoms with Crippen LogP contribution in [0.15, 0.2) is 53.9 Å². The molecule has 0 saturated carbocycles. The number of thiophene rings is 1. The molecule has 0 spiro atoms. The van der Waals surface area contributed by atoms with Crippen molar-refractivity contribution in [3.8, 4) is 17.1 Å². The van der Waals surface area contributed by atoms with Crippen LogP contribution < -0.4 is 10.1 Å². The third kappa shape index (κ3) is 5.11. The summed E-state index contributed by atoms with van der Waals surface area (Å²) in [5.41, 5.74) is 4.97. The van der Waals surface area contributed by atoms with E-state index in [2.05, 4.69) is 16.3 Å². The fourth-order valence-corrected chi connectivity index (χ4v) is 5.55. The van der Waals surface area contributed by atoms with Crippen LogP contribution in [0.5, 0.6) is 5.75 Å². The second kappa shape index (κ2) is 10.3.